The van der Waals surface area contributed by atoms with Crippen molar-refractivity contribution in [3.05, 3.63) is 45.5 Å². The number of hydrogen-bond donors (Lipinski definition) is 3. The average Bonchev–Trinajstić information content (AvgIpc) is 3.05. The Labute approximate surface area is 153 Å². The van der Waals surface area contributed by atoms with E-state index >= 15 is 0 Å². The van der Waals surface area contributed by atoms with Gasteiger partial charge in [-0.05, 0) is 80.6 Å². The third kappa shape index (κ3) is 3.14. The predicted molar refractivity (Wildman–Crippen MR) is 105 cm³/mol. The summed E-state index contributed by atoms with van der Waals surface area (Å²) < 4.78 is 0.748. The SMILES string of the molecule is CC(C)=CCC/C(C)=C/C[C@]12CCN[C@H]1Nc1c2ccc(Br)c1O. The van der Waals surface area contributed by atoms with Crippen LogP contribution in [-0.2, 0) is 5.41 Å². The molecular formula is C20H27BrN2O. The lowest BCUT2D eigenvalue weighted by Gasteiger charge is -2.28. The number of fused-ring (bicyclic) bond motifs is 3. The molecule has 0 aliphatic carbocycles. The summed E-state index contributed by atoms with van der Waals surface area (Å²) in [5, 5.41) is 17.4. The lowest BCUT2D eigenvalue weighted by molar-refractivity contribution is 0.423. The molecule has 0 bridgehead atoms. The van der Waals surface area contributed by atoms with Crippen LogP contribution in [0.25, 0.3) is 0 Å². The summed E-state index contributed by atoms with van der Waals surface area (Å²) in [6, 6.07) is 4.12. The van der Waals surface area contributed by atoms with Gasteiger partial charge in [-0.15, -0.1) is 0 Å². The fourth-order valence-electron chi connectivity index (χ4n) is 3.91. The standard InChI is InChI=1S/C20H27BrN2O/c1-13(2)5-4-6-14(3)9-10-20-11-12-22-19(20)23-17-15(20)7-8-16(21)18(17)24/h5,7-9,19,22-24H,4,6,10-12H2,1-3H3/b14-9+/t19-,20+/m0/s1. The monoisotopic (exact) mass is 390 g/mol. The van der Waals surface area contributed by atoms with Gasteiger partial charge in [0.2, 0.25) is 0 Å². The van der Waals surface area contributed by atoms with Gasteiger partial charge in [0.1, 0.15) is 0 Å². The molecule has 3 nitrogen and oxygen atoms in total. The Morgan fingerprint density at radius 2 is 2.12 bits per heavy atom. The molecule has 1 fully saturated rings. The van der Waals surface area contributed by atoms with E-state index in [0.717, 1.165) is 42.4 Å². The van der Waals surface area contributed by atoms with Crippen LogP contribution in [0.1, 0.15) is 52.0 Å². The molecule has 2 atom stereocenters. The second kappa shape index (κ2) is 6.93. The van der Waals surface area contributed by atoms with Crippen molar-refractivity contribution in [2.75, 3.05) is 11.9 Å². The van der Waals surface area contributed by atoms with Gasteiger partial charge in [0, 0.05) is 5.41 Å². The molecule has 1 aromatic carbocycles. The Balaban J connectivity index is 1.82. The number of phenols is 1. The van der Waals surface area contributed by atoms with E-state index in [-0.39, 0.29) is 11.6 Å². The van der Waals surface area contributed by atoms with E-state index in [9.17, 15) is 5.11 Å². The molecule has 2 heterocycles. The summed E-state index contributed by atoms with van der Waals surface area (Å²) in [6.07, 6.45) is 9.23. The predicted octanol–water partition coefficient (Wildman–Crippen LogP) is 5.22. The van der Waals surface area contributed by atoms with Gasteiger partial charge in [0.15, 0.2) is 5.75 Å². The molecule has 1 aromatic rings. The first-order chi connectivity index (χ1) is 11.4. The topological polar surface area (TPSA) is 44.3 Å². The number of benzene rings is 1. The second-order valence-corrected chi connectivity index (χ2v) is 8.19. The van der Waals surface area contributed by atoms with Gasteiger partial charge in [-0.1, -0.05) is 29.4 Å². The molecule has 1 saturated heterocycles. The highest BCUT2D eigenvalue weighted by molar-refractivity contribution is 9.10. The van der Waals surface area contributed by atoms with Crippen molar-refractivity contribution in [3.8, 4) is 5.75 Å². The minimum absolute atomic E-state index is 0.0469. The summed E-state index contributed by atoms with van der Waals surface area (Å²) in [7, 11) is 0. The van der Waals surface area contributed by atoms with E-state index in [1.165, 1.54) is 16.7 Å². The van der Waals surface area contributed by atoms with Crippen molar-refractivity contribution >= 4 is 21.6 Å². The minimum Gasteiger partial charge on any atom is -0.505 e. The molecule has 0 radical (unpaired) electrons. The van der Waals surface area contributed by atoms with E-state index in [1.807, 2.05) is 6.07 Å². The molecule has 0 unspecified atom stereocenters. The lowest BCUT2D eigenvalue weighted by atomic mass is 9.76. The summed E-state index contributed by atoms with van der Waals surface area (Å²) in [5.74, 6) is 0.326. The number of anilines is 1. The minimum atomic E-state index is 0.0469. The average molecular weight is 391 g/mol. The zero-order valence-electron chi connectivity index (χ0n) is 14.7. The lowest BCUT2D eigenvalue weighted by Crippen LogP contribution is -2.40. The van der Waals surface area contributed by atoms with Crippen LogP contribution in [0.4, 0.5) is 5.69 Å². The molecule has 130 valence electrons. The van der Waals surface area contributed by atoms with Crippen LogP contribution < -0.4 is 10.6 Å². The van der Waals surface area contributed by atoms with Gasteiger partial charge in [0.25, 0.3) is 0 Å². The van der Waals surface area contributed by atoms with Crippen molar-refractivity contribution in [2.45, 2.75) is 58.0 Å². The molecule has 3 N–H and O–H groups in total. The van der Waals surface area contributed by atoms with Gasteiger partial charge < -0.3 is 10.4 Å². The number of rotatable bonds is 5. The third-order valence-electron chi connectivity index (χ3n) is 5.33. The highest BCUT2D eigenvalue weighted by Gasteiger charge is 2.50. The molecule has 0 spiro atoms. The number of halogens is 1. The number of allylic oxidation sites excluding steroid dienone is 4. The van der Waals surface area contributed by atoms with E-state index in [1.54, 1.807) is 0 Å². The summed E-state index contributed by atoms with van der Waals surface area (Å²) in [6.45, 7) is 7.55. The van der Waals surface area contributed by atoms with Crippen molar-refractivity contribution < 1.29 is 5.11 Å². The Morgan fingerprint density at radius 1 is 1.33 bits per heavy atom. The quantitative estimate of drug-likeness (QED) is 0.476. The maximum Gasteiger partial charge on any atom is 0.153 e. The van der Waals surface area contributed by atoms with E-state index in [0.29, 0.717) is 5.75 Å². The maximum atomic E-state index is 10.4. The van der Waals surface area contributed by atoms with Gasteiger partial charge in [0.05, 0.1) is 16.3 Å². The van der Waals surface area contributed by atoms with Crippen LogP contribution in [0.3, 0.4) is 0 Å². The fourth-order valence-corrected chi connectivity index (χ4v) is 4.24. The molecule has 0 saturated carbocycles. The Kier molecular flexibility index (Phi) is 5.07. The smallest absolute Gasteiger partial charge is 0.153 e. The molecule has 0 amide bonds. The van der Waals surface area contributed by atoms with Crippen molar-refractivity contribution in [1.82, 2.24) is 5.32 Å². The summed E-state index contributed by atoms with van der Waals surface area (Å²) >= 11 is 3.42. The van der Waals surface area contributed by atoms with Crippen LogP contribution in [-0.4, -0.2) is 17.8 Å². The highest BCUT2D eigenvalue weighted by atomic mass is 79.9. The van der Waals surface area contributed by atoms with E-state index < -0.39 is 0 Å². The largest absolute Gasteiger partial charge is 0.505 e. The summed E-state index contributed by atoms with van der Waals surface area (Å²) in [4.78, 5) is 0. The van der Waals surface area contributed by atoms with Crippen molar-refractivity contribution in [1.29, 1.82) is 0 Å². The van der Waals surface area contributed by atoms with Gasteiger partial charge in [-0.3, -0.25) is 5.32 Å². The fraction of sp³-hybridized carbons (Fsp3) is 0.500. The van der Waals surface area contributed by atoms with Crippen LogP contribution in [0.5, 0.6) is 5.75 Å². The number of phenolic OH excluding ortho intramolecular Hbond substituents is 1. The zero-order chi connectivity index (χ0) is 17.3. The molecule has 24 heavy (non-hydrogen) atoms. The number of aromatic hydroxyl groups is 1. The van der Waals surface area contributed by atoms with Crippen LogP contribution in [0.15, 0.2) is 39.9 Å². The molecule has 4 heteroatoms. The Bertz CT molecular complexity index is 691. The molecule has 2 aliphatic heterocycles. The van der Waals surface area contributed by atoms with Crippen LogP contribution >= 0.6 is 15.9 Å². The van der Waals surface area contributed by atoms with Gasteiger partial charge in [-0.2, -0.15) is 0 Å². The van der Waals surface area contributed by atoms with Crippen molar-refractivity contribution in [3.63, 3.8) is 0 Å². The Hall–Kier alpha value is -1.26. The first-order valence-corrected chi connectivity index (χ1v) is 9.54. The molecule has 3 rings (SSSR count). The van der Waals surface area contributed by atoms with Gasteiger partial charge in [-0.25, -0.2) is 0 Å². The highest BCUT2D eigenvalue weighted by Crippen LogP contribution is 2.52. The molecular weight excluding hydrogens is 364 g/mol. The second-order valence-electron chi connectivity index (χ2n) is 7.33. The first kappa shape index (κ1) is 17.6. The molecule has 2 aliphatic rings. The van der Waals surface area contributed by atoms with Crippen LogP contribution in [0, 0.1) is 0 Å². The van der Waals surface area contributed by atoms with Crippen molar-refractivity contribution in [2.24, 2.45) is 0 Å². The van der Waals surface area contributed by atoms with Crippen LogP contribution in [0.2, 0.25) is 0 Å². The summed E-state index contributed by atoms with van der Waals surface area (Å²) in [5.41, 5.74) is 5.01. The number of hydrogen-bond acceptors (Lipinski definition) is 3. The Morgan fingerprint density at radius 3 is 2.88 bits per heavy atom. The normalized spacial score (nSPS) is 25.2. The van der Waals surface area contributed by atoms with E-state index in [4.69, 9.17) is 0 Å². The number of nitrogens with one attached hydrogen (secondary N) is 2. The maximum absolute atomic E-state index is 10.4. The van der Waals surface area contributed by atoms with Gasteiger partial charge >= 0.3 is 0 Å². The van der Waals surface area contributed by atoms with E-state index in [2.05, 4.69) is 65.6 Å². The zero-order valence-corrected chi connectivity index (χ0v) is 16.3. The molecule has 0 aromatic heterocycles. The third-order valence-corrected chi connectivity index (χ3v) is 5.97. The first-order valence-electron chi connectivity index (χ1n) is 8.75.